The number of nitrogens with one attached hydrogen (secondary N) is 1. The number of carbonyl (C=O) groups is 1. The summed E-state index contributed by atoms with van der Waals surface area (Å²) < 4.78 is 25.3. The molecule has 1 amide bonds. The highest BCUT2D eigenvalue weighted by Crippen LogP contribution is 2.39. The highest BCUT2D eigenvalue weighted by Gasteiger charge is 2.25. The number of carboxylic acid groups (broad SMARTS) is 1. The number of amides is 1. The number of methoxy groups -OCH3 is 1. The molecular weight excluding hydrogens is 539 g/mol. The number of hydrogen-bond acceptors (Lipinski definition) is 8. The van der Waals surface area contributed by atoms with Crippen molar-refractivity contribution in [2.45, 2.75) is 35.5 Å². The molecule has 0 aliphatic carbocycles. The van der Waals surface area contributed by atoms with Crippen molar-refractivity contribution in [3.05, 3.63) is 77.2 Å². The predicted octanol–water partition coefficient (Wildman–Crippen LogP) is 7.54. The van der Waals surface area contributed by atoms with Crippen LogP contribution in [-0.2, 0) is 0 Å². The number of piperidine rings is 1. The second kappa shape index (κ2) is 11.9. The summed E-state index contributed by atoms with van der Waals surface area (Å²) in [5.74, 6) is 2.12. The number of hydrogen-bond donors (Lipinski definition) is 2. The molecule has 0 atom stereocenters. The van der Waals surface area contributed by atoms with Gasteiger partial charge in [-0.25, -0.2) is 19.2 Å². The molecular formula is C28H27FN4O4S2. The van der Waals surface area contributed by atoms with Crippen molar-refractivity contribution >= 4 is 40.1 Å². The second-order valence-electron chi connectivity index (χ2n) is 9.06. The van der Waals surface area contributed by atoms with Crippen LogP contribution in [0.5, 0.6) is 17.2 Å². The molecule has 1 fully saturated rings. The summed E-state index contributed by atoms with van der Waals surface area (Å²) in [6, 6.07) is 14.0. The van der Waals surface area contributed by atoms with Gasteiger partial charge in [-0.3, -0.25) is 0 Å². The Labute approximate surface area is 233 Å². The minimum Gasteiger partial charge on any atom is -0.497 e. The number of anilines is 2. The molecule has 1 aliphatic rings. The van der Waals surface area contributed by atoms with Crippen molar-refractivity contribution in [3.63, 3.8) is 0 Å². The van der Waals surface area contributed by atoms with Crippen LogP contribution in [0.4, 0.5) is 20.1 Å². The molecule has 0 spiro atoms. The van der Waals surface area contributed by atoms with E-state index >= 15 is 0 Å². The number of likely N-dealkylation sites (tertiary alicyclic amines) is 1. The van der Waals surface area contributed by atoms with Crippen LogP contribution in [-0.4, -0.2) is 46.3 Å². The summed E-state index contributed by atoms with van der Waals surface area (Å²) >= 11 is 2.98. The van der Waals surface area contributed by atoms with E-state index in [1.165, 1.54) is 40.1 Å². The Morgan fingerprint density at radius 3 is 2.72 bits per heavy atom. The lowest BCUT2D eigenvalue weighted by atomic mass is 9.94. The number of benzene rings is 2. The Morgan fingerprint density at radius 1 is 1.15 bits per heavy atom. The van der Waals surface area contributed by atoms with E-state index in [0.717, 1.165) is 34.1 Å². The van der Waals surface area contributed by atoms with Gasteiger partial charge in [0.05, 0.1) is 12.8 Å². The third-order valence-corrected chi connectivity index (χ3v) is 8.12. The fraction of sp³-hybridized carbons (Fsp3) is 0.250. The largest absolute Gasteiger partial charge is 0.497 e. The molecule has 2 aromatic carbocycles. The lowest BCUT2D eigenvalue weighted by Gasteiger charge is -2.28. The maximum Gasteiger partial charge on any atom is 0.407 e. The number of aromatic nitrogens is 2. The van der Waals surface area contributed by atoms with E-state index in [2.05, 4.69) is 10.3 Å². The Balaban J connectivity index is 1.38. The van der Waals surface area contributed by atoms with Crippen LogP contribution < -0.4 is 14.8 Å². The quantitative estimate of drug-likeness (QED) is 0.226. The number of ether oxygens (including phenoxy) is 2. The normalized spacial score (nSPS) is 13.8. The average Bonchev–Trinajstić information content (AvgIpc) is 3.40. The minimum atomic E-state index is -0.878. The first-order valence-electron chi connectivity index (χ1n) is 12.3. The number of rotatable bonds is 8. The fourth-order valence-electron chi connectivity index (χ4n) is 4.30. The first-order chi connectivity index (χ1) is 18.9. The van der Waals surface area contributed by atoms with Gasteiger partial charge in [-0.05, 0) is 61.7 Å². The second-order valence-corrected chi connectivity index (χ2v) is 11.1. The summed E-state index contributed by atoms with van der Waals surface area (Å²) in [5.41, 5.74) is 1.60. The van der Waals surface area contributed by atoms with E-state index in [1.807, 2.05) is 35.7 Å². The zero-order valence-corrected chi connectivity index (χ0v) is 23.0. The molecule has 0 bridgehead atoms. The van der Waals surface area contributed by atoms with E-state index in [1.54, 1.807) is 26.3 Å². The Kier molecular flexibility index (Phi) is 8.18. The van der Waals surface area contributed by atoms with E-state index in [4.69, 9.17) is 14.5 Å². The third-order valence-electron chi connectivity index (χ3n) is 6.39. The first-order valence-corrected chi connectivity index (χ1v) is 14.0. The van der Waals surface area contributed by atoms with Crippen molar-refractivity contribution in [2.75, 3.05) is 25.5 Å². The van der Waals surface area contributed by atoms with Gasteiger partial charge in [-0.1, -0.05) is 17.8 Å². The Morgan fingerprint density at radius 2 is 1.97 bits per heavy atom. The molecule has 39 heavy (non-hydrogen) atoms. The molecule has 0 saturated carbocycles. The molecule has 1 aliphatic heterocycles. The number of aryl methyl sites for hydroxylation is 1. The smallest absolute Gasteiger partial charge is 0.407 e. The van der Waals surface area contributed by atoms with Gasteiger partial charge in [-0.15, -0.1) is 11.3 Å². The fourth-order valence-corrected chi connectivity index (χ4v) is 5.96. The maximum atomic E-state index is 13.7. The molecule has 3 heterocycles. The lowest BCUT2D eigenvalue weighted by molar-refractivity contribution is 0.132. The molecule has 0 unspecified atom stereocenters. The van der Waals surface area contributed by atoms with Crippen LogP contribution in [0.2, 0.25) is 0 Å². The standard InChI is InChI=1S/C28H27FN4O4S2/c1-17-12-19(29)6-7-24(17)37-25-14-22(39-21-5-3-4-20(13-21)36-2)15-30-26(25)32-27-31-23(16-38-27)18-8-10-33(11-9-18)28(34)35/h3-7,12-16,18H,8-11H2,1-2H3,(H,34,35)(H,30,31,32). The van der Waals surface area contributed by atoms with Crippen LogP contribution in [0.15, 0.2) is 69.9 Å². The highest BCUT2D eigenvalue weighted by atomic mass is 32.2. The molecule has 202 valence electrons. The van der Waals surface area contributed by atoms with Gasteiger partial charge in [0.2, 0.25) is 0 Å². The molecule has 4 aromatic rings. The van der Waals surface area contributed by atoms with Crippen LogP contribution in [0, 0.1) is 12.7 Å². The van der Waals surface area contributed by atoms with Crippen LogP contribution >= 0.6 is 23.1 Å². The topological polar surface area (TPSA) is 96.8 Å². The summed E-state index contributed by atoms with van der Waals surface area (Å²) in [6.45, 7) is 2.79. The summed E-state index contributed by atoms with van der Waals surface area (Å²) in [5, 5.41) is 15.2. The Bertz CT molecular complexity index is 1470. The average molecular weight is 567 g/mol. The predicted molar refractivity (Wildman–Crippen MR) is 150 cm³/mol. The zero-order chi connectivity index (χ0) is 27.4. The van der Waals surface area contributed by atoms with E-state index in [-0.39, 0.29) is 11.7 Å². The van der Waals surface area contributed by atoms with Crippen LogP contribution in [0.1, 0.15) is 30.0 Å². The molecule has 2 N–H and O–H groups in total. The number of pyridine rings is 1. The van der Waals surface area contributed by atoms with E-state index in [9.17, 15) is 14.3 Å². The number of thiazole rings is 1. The SMILES string of the molecule is COc1cccc(Sc2cnc(Nc3nc(C4CCN(C(=O)O)CC4)cs3)c(Oc3ccc(F)cc3C)c2)c1. The monoisotopic (exact) mass is 566 g/mol. The van der Waals surface area contributed by atoms with Gasteiger partial charge >= 0.3 is 6.09 Å². The van der Waals surface area contributed by atoms with Gasteiger partial charge in [-0.2, -0.15) is 0 Å². The van der Waals surface area contributed by atoms with E-state index in [0.29, 0.717) is 41.1 Å². The molecule has 11 heteroatoms. The van der Waals surface area contributed by atoms with Crippen molar-refractivity contribution in [3.8, 4) is 17.2 Å². The molecule has 0 radical (unpaired) electrons. The van der Waals surface area contributed by atoms with Gasteiger partial charge in [0.15, 0.2) is 16.7 Å². The molecule has 8 nitrogen and oxygen atoms in total. The summed E-state index contributed by atoms with van der Waals surface area (Å²) in [7, 11) is 1.63. The van der Waals surface area contributed by atoms with Crippen molar-refractivity contribution in [1.82, 2.24) is 14.9 Å². The number of nitrogens with zero attached hydrogens (tertiary/aromatic N) is 3. The lowest BCUT2D eigenvalue weighted by Crippen LogP contribution is -2.36. The summed E-state index contributed by atoms with van der Waals surface area (Å²) in [4.78, 5) is 23.9. The van der Waals surface area contributed by atoms with Crippen molar-refractivity contribution < 1.29 is 23.8 Å². The van der Waals surface area contributed by atoms with Crippen molar-refractivity contribution in [2.24, 2.45) is 0 Å². The molecule has 2 aromatic heterocycles. The Hall–Kier alpha value is -3.83. The minimum absolute atomic E-state index is 0.208. The van der Waals surface area contributed by atoms with Gasteiger partial charge in [0, 0.05) is 46.4 Å². The zero-order valence-electron chi connectivity index (χ0n) is 21.4. The van der Waals surface area contributed by atoms with Crippen LogP contribution in [0.25, 0.3) is 0 Å². The highest BCUT2D eigenvalue weighted by molar-refractivity contribution is 7.99. The molecule has 5 rings (SSSR count). The van der Waals surface area contributed by atoms with Gasteiger partial charge < -0.3 is 24.8 Å². The third kappa shape index (κ3) is 6.61. The van der Waals surface area contributed by atoms with Gasteiger partial charge in [0.25, 0.3) is 0 Å². The summed E-state index contributed by atoms with van der Waals surface area (Å²) in [6.07, 6.45) is 2.36. The van der Waals surface area contributed by atoms with Crippen LogP contribution in [0.3, 0.4) is 0 Å². The van der Waals surface area contributed by atoms with Gasteiger partial charge in [0.1, 0.15) is 17.3 Å². The maximum absolute atomic E-state index is 13.7. The van der Waals surface area contributed by atoms with E-state index < -0.39 is 6.09 Å². The number of halogens is 1. The van der Waals surface area contributed by atoms with Crippen molar-refractivity contribution in [1.29, 1.82) is 0 Å². The first kappa shape index (κ1) is 26.8. The molecule has 1 saturated heterocycles.